The summed E-state index contributed by atoms with van der Waals surface area (Å²) >= 11 is 0. The van der Waals surface area contributed by atoms with E-state index in [1.165, 1.54) is 18.4 Å². The molecule has 0 aliphatic rings. The first-order chi connectivity index (χ1) is 9.72. The van der Waals surface area contributed by atoms with E-state index in [0.717, 1.165) is 36.0 Å². The van der Waals surface area contributed by atoms with Crippen molar-refractivity contribution in [1.29, 1.82) is 0 Å². The molecule has 0 aromatic heterocycles. The zero-order chi connectivity index (χ0) is 16.7. The summed E-state index contributed by atoms with van der Waals surface area (Å²) in [6, 6.07) is 0. The van der Waals surface area contributed by atoms with E-state index in [4.69, 9.17) is 0 Å². The predicted octanol–water partition coefficient (Wildman–Crippen LogP) is 7.21. The third-order valence-corrected chi connectivity index (χ3v) is 5.87. The van der Waals surface area contributed by atoms with Gasteiger partial charge >= 0.3 is 0 Å². The molecule has 0 aliphatic heterocycles. The van der Waals surface area contributed by atoms with E-state index in [9.17, 15) is 0 Å². The Labute approximate surface area is 135 Å². The quantitative estimate of drug-likeness (QED) is 0.373. The fourth-order valence-corrected chi connectivity index (χ4v) is 4.42. The number of allylic oxidation sites excluding steroid dienone is 1. The third kappa shape index (κ3) is 5.46. The van der Waals surface area contributed by atoms with Crippen LogP contribution in [0.4, 0.5) is 0 Å². The maximum Gasteiger partial charge on any atom is -0.0149 e. The van der Waals surface area contributed by atoms with E-state index < -0.39 is 0 Å². The molecular formula is C21H42. The molecule has 5 atom stereocenters. The monoisotopic (exact) mass is 294 g/mol. The predicted molar refractivity (Wildman–Crippen MR) is 98.5 cm³/mol. The van der Waals surface area contributed by atoms with Crippen LogP contribution in [0.1, 0.15) is 81.6 Å². The lowest BCUT2D eigenvalue weighted by Crippen LogP contribution is -2.38. The molecule has 0 fully saturated rings. The van der Waals surface area contributed by atoms with Crippen LogP contribution in [0.2, 0.25) is 0 Å². The maximum atomic E-state index is 4.46. The molecule has 21 heavy (non-hydrogen) atoms. The van der Waals surface area contributed by atoms with Gasteiger partial charge in [-0.25, -0.2) is 0 Å². The average molecular weight is 295 g/mol. The molecule has 0 spiro atoms. The summed E-state index contributed by atoms with van der Waals surface area (Å²) in [5.41, 5.74) is 1.48. The summed E-state index contributed by atoms with van der Waals surface area (Å²) in [7, 11) is 0. The Morgan fingerprint density at radius 2 is 1.14 bits per heavy atom. The number of hydrogen-bond donors (Lipinski definition) is 0. The van der Waals surface area contributed by atoms with Crippen molar-refractivity contribution in [3.63, 3.8) is 0 Å². The molecule has 0 N–H and O–H groups in total. The second-order valence-corrected chi connectivity index (χ2v) is 7.95. The zero-order valence-electron chi connectivity index (χ0n) is 16.4. The summed E-state index contributed by atoms with van der Waals surface area (Å²) in [4.78, 5) is 0. The summed E-state index contributed by atoms with van der Waals surface area (Å²) in [5.74, 6) is 5.29. The average Bonchev–Trinajstić information content (AvgIpc) is 2.43. The van der Waals surface area contributed by atoms with Crippen molar-refractivity contribution < 1.29 is 0 Å². The van der Waals surface area contributed by atoms with Gasteiger partial charge in [0.2, 0.25) is 0 Å². The topological polar surface area (TPSA) is 0 Å². The first-order valence-electron chi connectivity index (χ1n) is 9.40. The fourth-order valence-electron chi connectivity index (χ4n) is 4.42. The van der Waals surface area contributed by atoms with Gasteiger partial charge < -0.3 is 0 Å². The summed E-state index contributed by atoms with van der Waals surface area (Å²) < 4.78 is 0. The van der Waals surface area contributed by atoms with Crippen LogP contribution in [0.5, 0.6) is 0 Å². The maximum absolute atomic E-state index is 4.46. The van der Waals surface area contributed by atoms with Crippen LogP contribution in [0, 0.1) is 41.4 Å². The SMILES string of the molecule is C=C(CC)C(C(C)C)C(C(C)CC)C(C(C)C)C(C)CC. The van der Waals surface area contributed by atoms with E-state index in [0.29, 0.717) is 11.8 Å². The van der Waals surface area contributed by atoms with Crippen molar-refractivity contribution in [3.05, 3.63) is 12.2 Å². The Kier molecular flexibility index (Phi) is 9.58. The minimum Gasteiger partial charge on any atom is -0.0996 e. The lowest BCUT2D eigenvalue weighted by atomic mass is 9.60. The number of hydrogen-bond acceptors (Lipinski definition) is 0. The Hall–Kier alpha value is -0.260. The molecule has 126 valence electrons. The molecule has 0 heterocycles. The standard InChI is InChI=1S/C21H42/c1-11-16(8)19(14(4)5)21(18(10)13-3)20(15(6)7)17(9)12-2/h14-15,17-21H,8,11-13H2,1-7,9-10H3. The van der Waals surface area contributed by atoms with Gasteiger partial charge in [0.25, 0.3) is 0 Å². The van der Waals surface area contributed by atoms with Crippen LogP contribution in [0.3, 0.4) is 0 Å². The van der Waals surface area contributed by atoms with Gasteiger partial charge in [-0.15, -0.1) is 0 Å². The van der Waals surface area contributed by atoms with Crippen LogP contribution < -0.4 is 0 Å². The number of rotatable bonds is 10. The molecule has 5 unspecified atom stereocenters. The van der Waals surface area contributed by atoms with Gasteiger partial charge in [-0.3, -0.25) is 0 Å². The molecule has 0 heteroatoms. The van der Waals surface area contributed by atoms with Gasteiger partial charge in [0.1, 0.15) is 0 Å². The molecule has 0 saturated carbocycles. The van der Waals surface area contributed by atoms with Crippen LogP contribution in [-0.4, -0.2) is 0 Å². The van der Waals surface area contributed by atoms with Gasteiger partial charge in [-0.05, 0) is 47.8 Å². The lowest BCUT2D eigenvalue weighted by Gasteiger charge is -2.45. The first kappa shape index (κ1) is 20.7. The molecule has 0 radical (unpaired) electrons. The summed E-state index contributed by atoms with van der Waals surface area (Å²) in [6.07, 6.45) is 3.70. The highest BCUT2D eigenvalue weighted by atomic mass is 14.4. The highest BCUT2D eigenvalue weighted by molar-refractivity contribution is 5.06. The van der Waals surface area contributed by atoms with Gasteiger partial charge in [0.15, 0.2) is 0 Å². The minimum atomic E-state index is 0.673. The smallest absolute Gasteiger partial charge is 0.0149 e. The Morgan fingerprint density at radius 1 is 0.714 bits per heavy atom. The lowest BCUT2D eigenvalue weighted by molar-refractivity contribution is 0.0645. The second-order valence-electron chi connectivity index (χ2n) is 7.95. The molecule has 0 rings (SSSR count). The van der Waals surface area contributed by atoms with E-state index in [2.05, 4.69) is 68.9 Å². The van der Waals surface area contributed by atoms with Gasteiger partial charge in [0.05, 0.1) is 0 Å². The van der Waals surface area contributed by atoms with Crippen molar-refractivity contribution in [2.24, 2.45) is 41.4 Å². The fraction of sp³-hybridized carbons (Fsp3) is 0.905. The highest BCUT2D eigenvalue weighted by Gasteiger charge is 2.38. The normalized spacial score (nSPS) is 19.4. The van der Waals surface area contributed by atoms with Gasteiger partial charge in [-0.1, -0.05) is 87.3 Å². The summed E-state index contributed by atoms with van der Waals surface area (Å²) in [6.45, 7) is 26.0. The van der Waals surface area contributed by atoms with Gasteiger partial charge in [-0.2, -0.15) is 0 Å². The van der Waals surface area contributed by atoms with E-state index in [1.54, 1.807) is 0 Å². The van der Waals surface area contributed by atoms with Crippen molar-refractivity contribution in [1.82, 2.24) is 0 Å². The molecule has 0 aliphatic carbocycles. The molecule has 0 aromatic carbocycles. The highest BCUT2D eigenvalue weighted by Crippen LogP contribution is 2.45. The van der Waals surface area contributed by atoms with Gasteiger partial charge in [0, 0.05) is 0 Å². The van der Waals surface area contributed by atoms with Crippen LogP contribution in [0.15, 0.2) is 12.2 Å². The molecule has 0 amide bonds. The molecule has 0 saturated heterocycles. The molecule has 0 bridgehead atoms. The van der Waals surface area contributed by atoms with Crippen molar-refractivity contribution in [2.75, 3.05) is 0 Å². The van der Waals surface area contributed by atoms with Crippen molar-refractivity contribution in [3.8, 4) is 0 Å². The molecular weight excluding hydrogens is 252 g/mol. The van der Waals surface area contributed by atoms with Crippen molar-refractivity contribution in [2.45, 2.75) is 81.6 Å². The Balaban J connectivity index is 5.75. The van der Waals surface area contributed by atoms with E-state index in [1.807, 2.05) is 0 Å². The van der Waals surface area contributed by atoms with Crippen molar-refractivity contribution >= 4 is 0 Å². The van der Waals surface area contributed by atoms with Crippen LogP contribution in [0.25, 0.3) is 0 Å². The molecule has 0 aromatic rings. The largest absolute Gasteiger partial charge is 0.0996 e. The summed E-state index contributed by atoms with van der Waals surface area (Å²) in [5, 5.41) is 0. The second kappa shape index (κ2) is 9.70. The Morgan fingerprint density at radius 3 is 1.43 bits per heavy atom. The Bertz CT molecular complexity index is 286. The minimum absolute atomic E-state index is 0.673. The van der Waals surface area contributed by atoms with Crippen LogP contribution >= 0.6 is 0 Å². The first-order valence-corrected chi connectivity index (χ1v) is 9.40. The van der Waals surface area contributed by atoms with E-state index in [-0.39, 0.29) is 0 Å². The third-order valence-electron chi connectivity index (χ3n) is 5.87. The zero-order valence-corrected chi connectivity index (χ0v) is 16.4. The van der Waals surface area contributed by atoms with E-state index >= 15 is 0 Å². The molecule has 0 nitrogen and oxygen atoms in total. The van der Waals surface area contributed by atoms with Crippen LogP contribution in [-0.2, 0) is 0 Å².